The van der Waals surface area contributed by atoms with Gasteiger partial charge in [-0.05, 0) is 30.3 Å². The summed E-state index contributed by atoms with van der Waals surface area (Å²) in [6, 6.07) is 12.0. The van der Waals surface area contributed by atoms with Crippen molar-refractivity contribution in [3.8, 4) is 5.75 Å². The number of rotatable bonds is 7. The molecule has 0 saturated heterocycles. The summed E-state index contributed by atoms with van der Waals surface area (Å²) >= 11 is 0. The van der Waals surface area contributed by atoms with Crippen LogP contribution in [0.5, 0.6) is 5.75 Å². The van der Waals surface area contributed by atoms with E-state index in [9.17, 15) is 17.6 Å². The predicted octanol–water partition coefficient (Wildman–Crippen LogP) is 1.75. The minimum absolute atomic E-state index is 0.0522. The molecule has 1 N–H and O–H groups in total. The number of amides is 1. The van der Waals surface area contributed by atoms with Gasteiger partial charge in [0.05, 0.1) is 25.3 Å². The number of benzene rings is 2. The molecule has 26 heavy (non-hydrogen) atoms. The van der Waals surface area contributed by atoms with Crippen LogP contribution in [0.2, 0.25) is 0 Å². The molecule has 0 atom stereocenters. The Labute approximate surface area is 151 Å². The summed E-state index contributed by atoms with van der Waals surface area (Å²) in [7, 11) is -2.28. The number of anilines is 1. The second-order valence-corrected chi connectivity index (χ2v) is 7.19. The van der Waals surface area contributed by atoms with Crippen molar-refractivity contribution in [3.63, 3.8) is 0 Å². The average molecular weight is 379 g/mol. The van der Waals surface area contributed by atoms with E-state index in [-0.39, 0.29) is 5.69 Å². The van der Waals surface area contributed by atoms with Crippen LogP contribution in [-0.4, -0.2) is 40.4 Å². The maximum atomic E-state index is 13.4. The quantitative estimate of drug-likeness (QED) is 0.586. The Bertz CT molecular complexity index is 916. The van der Waals surface area contributed by atoms with E-state index in [1.807, 2.05) is 0 Å². The fourth-order valence-electron chi connectivity index (χ4n) is 2.14. The number of para-hydroxylation sites is 1. The van der Waals surface area contributed by atoms with Gasteiger partial charge in [-0.15, -0.1) is 0 Å². The van der Waals surface area contributed by atoms with Gasteiger partial charge >= 0.3 is 0 Å². The summed E-state index contributed by atoms with van der Waals surface area (Å²) < 4.78 is 43.2. The fourth-order valence-corrected chi connectivity index (χ4v) is 2.99. The lowest BCUT2D eigenvalue weighted by Gasteiger charge is -2.21. The molecule has 0 unspecified atom stereocenters. The Morgan fingerprint density at radius 2 is 2.00 bits per heavy atom. The van der Waals surface area contributed by atoms with Crippen LogP contribution in [0, 0.1) is 5.82 Å². The van der Waals surface area contributed by atoms with E-state index in [0.717, 1.165) is 16.6 Å². The summed E-state index contributed by atoms with van der Waals surface area (Å²) in [5, 5.41) is 3.80. The third kappa shape index (κ3) is 5.28. The van der Waals surface area contributed by atoms with Crippen LogP contribution in [0.1, 0.15) is 5.56 Å². The predicted molar refractivity (Wildman–Crippen MR) is 97.3 cm³/mol. The standard InChI is InChI=1S/C17H18FN3O4S/c1-25-16-9-4-3-6-13(16)11-19-20-17(22)12-21(26(2,23)24)15-8-5-7-14(18)10-15/h3-11H,12H2,1-2H3,(H,20,22)/b19-11-. The number of nitrogens with zero attached hydrogens (tertiary/aromatic N) is 2. The Balaban J connectivity index is 2.09. The number of halogens is 1. The molecule has 0 aliphatic rings. The van der Waals surface area contributed by atoms with Crippen LogP contribution >= 0.6 is 0 Å². The molecule has 0 saturated carbocycles. The molecule has 0 aliphatic heterocycles. The summed E-state index contributed by atoms with van der Waals surface area (Å²) in [6.45, 7) is -0.536. The summed E-state index contributed by atoms with van der Waals surface area (Å²) in [5.41, 5.74) is 2.94. The number of ether oxygens (including phenoxy) is 1. The van der Waals surface area contributed by atoms with Crippen molar-refractivity contribution in [2.45, 2.75) is 0 Å². The molecule has 9 heteroatoms. The zero-order valence-corrected chi connectivity index (χ0v) is 15.0. The molecule has 0 fully saturated rings. The minimum Gasteiger partial charge on any atom is -0.496 e. The van der Waals surface area contributed by atoms with Crippen LogP contribution < -0.4 is 14.5 Å². The van der Waals surface area contributed by atoms with Crippen molar-refractivity contribution in [3.05, 3.63) is 59.9 Å². The molecule has 0 spiro atoms. The zero-order chi connectivity index (χ0) is 19.2. The first-order valence-corrected chi connectivity index (χ1v) is 9.34. The highest BCUT2D eigenvalue weighted by Gasteiger charge is 2.21. The van der Waals surface area contributed by atoms with Crippen molar-refractivity contribution in [1.29, 1.82) is 0 Å². The van der Waals surface area contributed by atoms with E-state index >= 15 is 0 Å². The molecular formula is C17H18FN3O4S. The second-order valence-electron chi connectivity index (χ2n) is 5.28. The SMILES string of the molecule is COc1ccccc1/C=N\NC(=O)CN(c1cccc(F)c1)S(C)(=O)=O. The van der Waals surface area contributed by atoms with Gasteiger partial charge in [0.2, 0.25) is 10.0 Å². The highest BCUT2D eigenvalue weighted by molar-refractivity contribution is 7.92. The first kappa shape index (κ1) is 19.4. The Morgan fingerprint density at radius 3 is 2.65 bits per heavy atom. The number of hydrazone groups is 1. The van der Waals surface area contributed by atoms with E-state index in [2.05, 4.69) is 10.5 Å². The van der Waals surface area contributed by atoms with Gasteiger partial charge in [-0.3, -0.25) is 9.10 Å². The molecule has 0 heterocycles. The van der Waals surface area contributed by atoms with Gasteiger partial charge in [-0.1, -0.05) is 18.2 Å². The highest BCUT2D eigenvalue weighted by atomic mass is 32.2. The molecule has 1 amide bonds. The maximum Gasteiger partial charge on any atom is 0.260 e. The second kappa shape index (κ2) is 8.43. The zero-order valence-electron chi connectivity index (χ0n) is 14.2. The van der Waals surface area contributed by atoms with Crippen LogP contribution in [0.15, 0.2) is 53.6 Å². The topological polar surface area (TPSA) is 88.1 Å². The van der Waals surface area contributed by atoms with Gasteiger partial charge in [0.15, 0.2) is 0 Å². The van der Waals surface area contributed by atoms with Crippen LogP contribution in [0.3, 0.4) is 0 Å². The lowest BCUT2D eigenvalue weighted by Crippen LogP contribution is -2.39. The van der Waals surface area contributed by atoms with E-state index in [4.69, 9.17) is 4.74 Å². The van der Waals surface area contributed by atoms with Crippen LogP contribution in [0.4, 0.5) is 10.1 Å². The number of hydrogen-bond acceptors (Lipinski definition) is 5. The van der Waals surface area contributed by atoms with E-state index in [1.54, 1.807) is 24.3 Å². The summed E-state index contributed by atoms with van der Waals surface area (Å²) in [4.78, 5) is 12.0. The lowest BCUT2D eigenvalue weighted by molar-refractivity contribution is -0.119. The Hall–Kier alpha value is -2.94. The number of hydrogen-bond donors (Lipinski definition) is 1. The first-order chi connectivity index (χ1) is 12.3. The molecule has 2 rings (SSSR count). The van der Waals surface area contributed by atoms with Crippen LogP contribution in [-0.2, 0) is 14.8 Å². The number of carbonyl (C=O) groups excluding carboxylic acids is 1. The van der Waals surface area contributed by atoms with Crippen molar-refractivity contribution < 1.29 is 22.3 Å². The molecule has 138 valence electrons. The smallest absolute Gasteiger partial charge is 0.260 e. The third-order valence-electron chi connectivity index (χ3n) is 3.32. The van der Waals surface area contributed by atoms with Crippen molar-refractivity contribution >= 4 is 27.8 Å². The minimum atomic E-state index is -3.78. The van der Waals surface area contributed by atoms with Gasteiger partial charge in [0, 0.05) is 5.56 Å². The number of carbonyl (C=O) groups is 1. The summed E-state index contributed by atoms with van der Waals surface area (Å²) in [6.07, 6.45) is 2.31. The maximum absolute atomic E-state index is 13.4. The number of nitrogens with one attached hydrogen (secondary N) is 1. The molecule has 7 nitrogen and oxygen atoms in total. The average Bonchev–Trinajstić information content (AvgIpc) is 2.59. The van der Waals surface area contributed by atoms with E-state index in [0.29, 0.717) is 11.3 Å². The van der Waals surface area contributed by atoms with E-state index < -0.39 is 28.3 Å². The molecular weight excluding hydrogens is 361 g/mol. The molecule has 0 aromatic heterocycles. The van der Waals surface area contributed by atoms with Gasteiger partial charge < -0.3 is 4.74 Å². The first-order valence-electron chi connectivity index (χ1n) is 7.49. The normalized spacial score (nSPS) is 11.3. The molecule has 0 aliphatic carbocycles. The van der Waals surface area contributed by atoms with Crippen LogP contribution in [0.25, 0.3) is 0 Å². The summed E-state index contributed by atoms with van der Waals surface area (Å²) in [5.74, 6) is -0.709. The van der Waals surface area contributed by atoms with Gasteiger partial charge in [0.25, 0.3) is 5.91 Å². The molecule has 0 bridgehead atoms. The van der Waals surface area contributed by atoms with E-state index in [1.165, 1.54) is 31.5 Å². The highest BCUT2D eigenvalue weighted by Crippen LogP contribution is 2.18. The van der Waals surface area contributed by atoms with Crippen molar-refractivity contribution in [2.24, 2.45) is 5.10 Å². The number of sulfonamides is 1. The Morgan fingerprint density at radius 1 is 1.27 bits per heavy atom. The largest absolute Gasteiger partial charge is 0.496 e. The monoisotopic (exact) mass is 379 g/mol. The van der Waals surface area contributed by atoms with Gasteiger partial charge in [-0.25, -0.2) is 18.2 Å². The molecule has 0 radical (unpaired) electrons. The van der Waals surface area contributed by atoms with Gasteiger partial charge in [0.1, 0.15) is 18.1 Å². The fraction of sp³-hybridized carbons (Fsp3) is 0.176. The van der Waals surface area contributed by atoms with Crippen molar-refractivity contribution in [2.75, 3.05) is 24.2 Å². The molecule has 2 aromatic carbocycles. The van der Waals surface area contributed by atoms with Crippen molar-refractivity contribution in [1.82, 2.24) is 5.43 Å². The number of methoxy groups -OCH3 is 1. The molecule has 2 aromatic rings. The van der Waals surface area contributed by atoms with Gasteiger partial charge in [-0.2, -0.15) is 5.10 Å². The lowest BCUT2D eigenvalue weighted by atomic mass is 10.2. The Kier molecular flexibility index (Phi) is 6.29. The third-order valence-corrected chi connectivity index (χ3v) is 4.46.